The Labute approximate surface area is 607 Å². The molecular weight excluding hydrogens is 1290 g/mol. The van der Waals surface area contributed by atoms with Crippen molar-refractivity contribution in [1.82, 2.24) is 31.9 Å². The highest BCUT2D eigenvalue weighted by molar-refractivity contribution is 5.90. The molecule has 0 aliphatic heterocycles. The van der Waals surface area contributed by atoms with Crippen LogP contribution < -0.4 is 47.9 Å². The number of esters is 2. The fraction of sp³-hybridized carbons (Fsp3) is 0.551. The largest absolute Gasteiger partial charge is 0.508 e. The van der Waals surface area contributed by atoms with Crippen LogP contribution in [0.25, 0.3) is 0 Å². The molecule has 4 aromatic rings. The summed E-state index contributed by atoms with van der Waals surface area (Å²) < 4.78 is 9.49. The van der Waals surface area contributed by atoms with Crippen LogP contribution in [0.4, 0.5) is 17.1 Å². The van der Waals surface area contributed by atoms with Crippen LogP contribution in [0.2, 0.25) is 0 Å². The summed E-state index contributed by atoms with van der Waals surface area (Å²) in [5.74, 6) is 0.163. The normalized spacial score (nSPS) is 8.99. The lowest BCUT2D eigenvalue weighted by atomic mass is 10.2. The summed E-state index contributed by atoms with van der Waals surface area (Å²) in [6.45, 7) is 41.0. The van der Waals surface area contributed by atoms with Crippen molar-refractivity contribution in [2.45, 2.75) is 241 Å². The third-order valence-electron chi connectivity index (χ3n) is 11.7. The molecule has 0 aromatic heterocycles. The van der Waals surface area contributed by atoms with Gasteiger partial charge in [-0.2, -0.15) is 0 Å². The Balaban J connectivity index is -0.000000194. The number of ether oxygens (including phenoxy) is 2. The summed E-state index contributed by atoms with van der Waals surface area (Å²) in [6, 6.07) is 31.9. The number of benzene rings is 4. The lowest BCUT2D eigenvalue weighted by Crippen LogP contribution is -2.20. The van der Waals surface area contributed by atoms with E-state index in [-0.39, 0.29) is 70.9 Å². The van der Waals surface area contributed by atoms with Crippen LogP contribution in [-0.2, 0) is 68.8 Å². The third kappa shape index (κ3) is 99.6. The van der Waals surface area contributed by atoms with Gasteiger partial charge in [0.2, 0.25) is 53.2 Å². The maximum Gasteiger partial charge on any atom is 0.305 e. The first-order valence-electron chi connectivity index (χ1n) is 35.4. The van der Waals surface area contributed by atoms with Crippen LogP contribution in [0.5, 0.6) is 5.75 Å². The van der Waals surface area contributed by atoms with Crippen molar-refractivity contribution in [3.63, 3.8) is 0 Å². The number of hydrogen-bond acceptors (Lipinski definition) is 14. The third-order valence-corrected chi connectivity index (χ3v) is 11.7. The van der Waals surface area contributed by atoms with Crippen molar-refractivity contribution in [1.29, 1.82) is 0 Å². The Hall–Kier alpha value is -9.15. The smallest absolute Gasteiger partial charge is 0.305 e. The zero-order chi connectivity index (χ0) is 78.5. The van der Waals surface area contributed by atoms with Crippen LogP contribution in [0.1, 0.15) is 238 Å². The van der Waals surface area contributed by atoms with Gasteiger partial charge in [-0.25, -0.2) is 0 Å². The van der Waals surface area contributed by atoms with Crippen LogP contribution in [0.3, 0.4) is 0 Å². The van der Waals surface area contributed by atoms with Crippen molar-refractivity contribution < 1.29 is 67.3 Å². The molecule has 0 saturated carbocycles. The van der Waals surface area contributed by atoms with Gasteiger partial charge in [0, 0.05) is 138 Å². The van der Waals surface area contributed by atoms with Gasteiger partial charge < -0.3 is 62.4 Å². The van der Waals surface area contributed by atoms with Gasteiger partial charge in [-0.15, -0.1) is 0 Å². The van der Waals surface area contributed by atoms with E-state index in [0.29, 0.717) is 38.3 Å². The predicted octanol–water partition coefficient (Wildman–Crippen LogP) is 14.3. The second-order valence-corrected chi connectivity index (χ2v) is 22.3. The molecular formula is C78H133N9O14. The van der Waals surface area contributed by atoms with E-state index in [0.717, 1.165) is 107 Å². The van der Waals surface area contributed by atoms with E-state index in [4.69, 9.17) is 9.47 Å². The van der Waals surface area contributed by atoms with Gasteiger partial charge in [0.05, 0.1) is 13.2 Å². The number of rotatable bonds is 27. The number of phenols is 1. The minimum absolute atomic E-state index is 0.00820. The minimum Gasteiger partial charge on any atom is -0.508 e. The van der Waals surface area contributed by atoms with E-state index < -0.39 is 0 Å². The highest BCUT2D eigenvalue weighted by Crippen LogP contribution is 2.20. The van der Waals surface area contributed by atoms with E-state index in [1.165, 1.54) is 99.1 Å². The summed E-state index contributed by atoms with van der Waals surface area (Å²) in [4.78, 5) is 114. The van der Waals surface area contributed by atoms with Crippen molar-refractivity contribution in [2.75, 3.05) is 61.9 Å². The first-order chi connectivity index (χ1) is 47.8. The summed E-state index contributed by atoms with van der Waals surface area (Å²) in [5.41, 5.74) is 5.43. The van der Waals surface area contributed by atoms with Gasteiger partial charge in [0.1, 0.15) is 5.75 Å². The molecule has 574 valence electrons. The van der Waals surface area contributed by atoms with E-state index in [2.05, 4.69) is 68.6 Å². The molecule has 23 nitrogen and oxygen atoms in total. The number of carbonyl (C=O) groups excluding carboxylic acids is 11. The summed E-state index contributed by atoms with van der Waals surface area (Å²) in [6.07, 6.45) is 15.6. The second kappa shape index (κ2) is 79.8. The quantitative estimate of drug-likeness (QED) is 0.0196. The molecule has 4 aromatic carbocycles. The Bertz CT molecular complexity index is 2670. The highest BCUT2D eigenvalue weighted by Gasteiger charge is 2.02. The number of anilines is 3. The molecule has 0 heterocycles. The summed E-state index contributed by atoms with van der Waals surface area (Å²) in [7, 11) is 0. The molecule has 23 heteroatoms. The maximum absolute atomic E-state index is 10.8. The fourth-order valence-corrected chi connectivity index (χ4v) is 6.73. The average Bonchev–Trinajstić information content (AvgIpc) is 0.931. The second-order valence-electron chi connectivity index (χ2n) is 22.3. The van der Waals surface area contributed by atoms with Crippen molar-refractivity contribution in [3.8, 4) is 5.75 Å². The van der Waals surface area contributed by atoms with Crippen molar-refractivity contribution >= 4 is 82.2 Å². The van der Waals surface area contributed by atoms with E-state index in [1.54, 1.807) is 26.0 Å². The molecule has 0 atom stereocenters. The number of carbonyl (C=O) groups is 11. The monoisotopic (exact) mass is 1420 g/mol. The standard InChI is InChI=1S/C9H11NO2.2C9H11NO.C9H18O2.C8H9NO.C8H17NO.C7H14O2.3C5H11NO.C4H9NO/c1-6-3-4-8(5-9(6)12)10-7(2)11;1-7-3-5-9(6-4-7)10-8(2)11;1-8(11)10-7-9-5-3-2-4-6-9;1-3-5-6-7-8-9(10)11-4-2;1-7(10)9-8-5-3-2-4-6-8;1-3-4-5-6-7-9-8(2)10;1-3-5-6-7(8)9-4-2;3*1-3-4-6-5(2)7;1-3-5-4(2)6/h3-5,12H,1-2H3,(H,10,11);3-6H,1-2H3,(H,10,11);2-6H,7H2,1H3,(H,10,11);3-8H2,1-2H3;2-6H,1H3,(H,9,10);3-7H2,1-2H3,(H,9,10);3-6H2,1-2H3;3*3-4H2,1-2H3,(H,6,7);3H2,1-2H3,(H,5,6). The first kappa shape index (κ1) is 105. The number of hydrogen-bond donors (Lipinski definition) is 10. The van der Waals surface area contributed by atoms with Gasteiger partial charge in [-0.3, -0.25) is 52.7 Å². The molecule has 101 heavy (non-hydrogen) atoms. The van der Waals surface area contributed by atoms with Crippen LogP contribution in [-0.4, -0.2) is 116 Å². The van der Waals surface area contributed by atoms with Gasteiger partial charge in [0.25, 0.3) is 0 Å². The Morgan fingerprint density at radius 2 is 0.683 bits per heavy atom. The highest BCUT2D eigenvalue weighted by atomic mass is 16.5. The number of phenolic OH excluding ortho intramolecular Hbond substituents is 1. The molecule has 0 radical (unpaired) electrons. The maximum atomic E-state index is 10.8. The molecule has 0 aliphatic rings. The fourth-order valence-electron chi connectivity index (χ4n) is 6.73. The molecule has 10 N–H and O–H groups in total. The molecule has 0 bridgehead atoms. The minimum atomic E-state index is -0.141. The van der Waals surface area contributed by atoms with Gasteiger partial charge in [-0.05, 0) is 115 Å². The lowest BCUT2D eigenvalue weighted by Gasteiger charge is -2.03. The topological polar surface area (TPSA) is 335 Å². The molecule has 0 spiro atoms. The van der Waals surface area contributed by atoms with Crippen molar-refractivity contribution in [3.05, 3.63) is 120 Å². The summed E-state index contributed by atoms with van der Waals surface area (Å²) in [5, 5.41) is 33.2. The SMILES string of the molecule is CC(=O)NCc1ccccc1.CC(=O)Nc1ccc(C)c(O)c1.CC(=O)Nc1ccc(C)cc1.CC(=O)Nc1ccccc1.CCCCC(=O)OCC.CCCCCCC(=O)OCC.CCCCCCNC(C)=O.CCCNC(C)=O.CCCNC(C)=O.CCCNC(C)=O.CCNC(C)=O. The van der Waals surface area contributed by atoms with Gasteiger partial charge >= 0.3 is 11.9 Å². The average molecular weight is 1420 g/mol. The Morgan fingerprint density at radius 3 is 1.01 bits per heavy atom. The van der Waals surface area contributed by atoms with Gasteiger partial charge in [-0.1, -0.05) is 159 Å². The van der Waals surface area contributed by atoms with E-state index in [9.17, 15) is 57.8 Å². The van der Waals surface area contributed by atoms with Crippen LogP contribution in [0, 0.1) is 13.8 Å². The zero-order valence-electron chi connectivity index (χ0n) is 65.3. The Morgan fingerprint density at radius 1 is 0.337 bits per heavy atom. The number of unbranched alkanes of at least 4 members (excludes halogenated alkanes) is 7. The van der Waals surface area contributed by atoms with Gasteiger partial charge in [0.15, 0.2) is 0 Å². The number of nitrogens with one attached hydrogen (secondary N) is 9. The molecule has 0 saturated heterocycles. The van der Waals surface area contributed by atoms with Crippen LogP contribution >= 0.6 is 0 Å². The first-order valence-corrected chi connectivity index (χ1v) is 35.4. The molecule has 0 unspecified atom stereocenters. The summed E-state index contributed by atoms with van der Waals surface area (Å²) >= 11 is 0. The Kier molecular flexibility index (Phi) is 83.2. The van der Waals surface area contributed by atoms with E-state index >= 15 is 0 Å². The molecule has 0 fully saturated rings. The molecule has 0 aliphatic carbocycles. The van der Waals surface area contributed by atoms with Crippen LogP contribution in [0.15, 0.2) is 103 Å². The number of aromatic hydroxyl groups is 1. The van der Waals surface area contributed by atoms with E-state index in [1.807, 2.05) is 133 Å². The van der Waals surface area contributed by atoms with Crippen molar-refractivity contribution in [2.24, 2.45) is 0 Å². The molecule has 4 rings (SSSR count). The predicted molar refractivity (Wildman–Crippen MR) is 413 cm³/mol. The number of aryl methyl sites for hydroxylation is 2. The number of para-hydroxylation sites is 1. The molecule has 9 amide bonds. The zero-order valence-corrected chi connectivity index (χ0v) is 65.3. The number of amides is 9. The lowest BCUT2D eigenvalue weighted by molar-refractivity contribution is -0.144.